The van der Waals surface area contributed by atoms with Gasteiger partial charge in [-0.3, -0.25) is 9.69 Å². The SMILES string of the molecule is CC(CO)N1CCC(=O)N(Cc2ccccc2C(F)(F)F)CC1. The van der Waals surface area contributed by atoms with Gasteiger partial charge >= 0.3 is 6.18 Å². The van der Waals surface area contributed by atoms with Crippen LogP contribution in [0.1, 0.15) is 24.5 Å². The smallest absolute Gasteiger partial charge is 0.395 e. The minimum atomic E-state index is -4.43. The quantitative estimate of drug-likeness (QED) is 0.920. The first-order valence-corrected chi connectivity index (χ1v) is 7.60. The molecule has 0 aromatic heterocycles. The Morgan fingerprint density at radius 1 is 1.22 bits per heavy atom. The van der Waals surface area contributed by atoms with E-state index in [4.69, 9.17) is 0 Å². The van der Waals surface area contributed by atoms with Crippen molar-refractivity contribution >= 4 is 5.91 Å². The van der Waals surface area contributed by atoms with Crippen molar-refractivity contribution in [1.29, 1.82) is 0 Å². The molecule has 0 bridgehead atoms. The Morgan fingerprint density at radius 2 is 1.91 bits per heavy atom. The highest BCUT2D eigenvalue weighted by Crippen LogP contribution is 2.32. The number of halogens is 3. The monoisotopic (exact) mass is 330 g/mol. The second-order valence-corrected chi connectivity index (χ2v) is 5.79. The Hall–Kier alpha value is -1.60. The molecule has 0 spiro atoms. The number of hydrogen-bond donors (Lipinski definition) is 1. The maximum atomic E-state index is 13.1. The summed E-state index contributed by atoms with van der Waals surface area (Å²) in [5.74, 6) is -0.158. The van der Waals surface area contributed by atoms with E-state index in [2.05, 4.69) is 0 Å². The maximum absolute atomic E-state index is 13.1. The number of carbonyl (C=O) groups excluding carboxylic acids is 1. The standard InChI is InChI=1S/C16H21F3N2O2/c1-12(11-22)20-7-6-15(23)21(9-8-20)10-13-4-2-3-5-14(13)16(17,18)19/h2-5,12,22H,6-11H2,1H3. The first-order valence-electron chi connectivity index (χ1n) is 7.60. The Bertz CT molecular complexity index is 548. The van der Waals surface area contributed by atoms with Crippen LogP contribution in [0.3, 0.4) is 0 Å². The molecule has 0 radical (unpaired) electrons. The number of benzene rings is 1. The van der Waals surface area contributed by atoms with Crippen LogP contribution < -0.4 is 0 Å². The van der Waals surface area contributed by atoms with Crippen LogP contribution in [0.4, 0.5) is 13.2 Å². The summed E-state index contributed by atoms with van der Waals surface area (Å²) in [6.45, 7) is 3.22. The van der Waals surface area contributed by atoms with Crippen molar-refractivity contribution in [3.05, 3.63) is 35.4 Å². The zero-order valence-electron chi connectivity index (χ0n) is 13.0. The lowest BCUT2D eigenvalue weighted by molar-refractivity contribution is -0.139. The van der Waals surface area contributed by atoms with Crippen LogP contribution in [0.25, 0.3) is 0 Å². The number of alkyl halides is 3. The fraction of sp³-hybridized carbons (Fsp3) is 0.562. The van der Waals surface area contributed by atoms with E-state index < -0.39 is 11.7 Å². The molecule has 0 aliphatic carbocycles. The first-order chi connectivity index (χ1) is 10.8. The van der Waals surface area contributed by atoms with Gasteiger partial charge in [-0.1, -0.05) is 18.2 Å². The van der Waals surface area contributed by atoms with Crippen LogP contribution >= 0.6 is 0 Å². The van der Waals surface area contributed by atoms with Crippen molar-refractivity contribution in [2.24, 2.45) is 0 Å². The second-order valence-electron chi connectivity index (χ2n) is 5.79. The summed E-state index contributed by atoms with van der Waals surface area (Å²) in [6, 6.07) is 5.28. The molecule has 1 N–H and O–H groups in total. The third kappa shape index (κ3) is 4.45. The highest BCUT2D eigenvalue weighted by molar-refractivity contribution is 5.76. The van der Waals surface area contributed by atoms with Crippen LogP contribution in [-0.2, 0) is 17.5 Å². The predicted octanol–water partition coefficient (Wildman–Crippen LogP) is 2.12. The molecule has 1 aliphatic rings. The highest BCUT2D eigenvalue weighted by atomic mass is 19.4. The number of carbonyl (C=O) groups is 1. The Morgan fingerprint density at radius 3 is 2.57 bits per heavy atom. The Labute approximate surface area is 133 Å². The molecule has 1 saturated heterocycles. The minimum absolute atomic E-state index is 0.00883. The van der Waals surface area contributed by atoms with Gasteiger partial charge in [0.2, 0.25) is 5.91 Å². The molecule has 1 aromatic carbocycles. The normalized spacial score (nSPS) is 18.8. The third-order valence-electron chi connectivity index (χ3n) is 4.19. The molecule has 1 atom stereocenters. The van der Waals surface area contributed by atoms with E-state index in [1.807, 2.05) is 11.8 Å². The van der Waals surface area contributed by atoms with Crippen molar-refractivity contribution in [3.63, 3.8) is 0 Å². The van der Waals surface area contributed by atoms with Gasteiger partial charge in [0.05, 0.1) is 12.2 Å². The van der Waals surface area contributed by atoms with Crippen LogP contribution in [0.5, 0.6) is 0 Å². The predicted molar refractivity (Wildman–Crippen MR) is 79.6 cm³/mol. The van der Waals surface area contributed by atoms with Crippen molar-refractivity contribution in [1.82, 2.24) is 9.80 Å². The molecule has 1 aromatic rings. The van der Waals surface area contributed by atoms with E-state index in [0.29, 0.717) is 19.6 Å². The van der Waals surface area contributed by atoms with Crippen LogP contribution in [0, 0.1) is 0 Å². The number of nitrogens with zero attached hydrogens (tertiary/aromatic N) is 2. The molecule has 1 unspecified atom stereocenters. The highest BCUT2D eigenvalue weighted by Gasteiger charge is 2.34. The number of hydrogen-bond acceptors (Lipinski definition) is 3. The maximum Gasteiger partial charge on any atom is 0.416 e. The summed E-state index contributed by atoms with van der Waals surface area (Å²) in [5, 5.41) is 9.21. The van der Waals surface area contributed by atoms with E-state index in [-0.39, 0.29) is 37.1 Å². The summed E-state index contributed by atoms with van der Waals surface area (Å²) < 4.78 is 39.2. The molecule has 4 nitrogen and oxygen atoms in total. The molecular formula is C16H21F3N2O2. The molecule has 1 fully saturated rings. The summed E-state index contributed by atoms with van der Waals surface area (Å²) >= 11 is 0. The minimum Gasteiger partial charge on any atom is -0.395 e. The Kier molecular flexibility index (Phi) is 5.64. The topological polar surface area (TPSA) is 43.8 Å². The number of aliphatic hydroxyl groups excluding tert-OH is 1. The van der Waals surface area contributed by atoms with Crippen molar-refractivity contribution in [2.45, 2.75) is 32.1 Å². The number of amides is 1. The second kappa shape index (κ2) is 7.31. The van der Waals surface area contributed by atoms with Gasteiger partial charge in [-0.05, 0) is 18.6 Å². The van der Waals surface area contributed by atoms with Gasteiger partial charge in [-0.15, -0.1) is 0 Å². The van der Waals surface area contributed by atoms with Gasteiger partial charge in [-0.25, -0.2) is 0 Å². The van der Waals surface area contributed by atoms with Crippen LogP contribution in [-0.4, -0.2) is 53.1 Å². The average molecular weight is 330 g/mol. The molecule has 1 aliphatic heterocycles. The number of rotatable bonds is 4. The van der Waals surface area contributed by atoms with E-state index >= 15 is 0 Å². The molecule has 0 saturated carbocycles. The van der Waals surface area contributed by atoms with E-state index in [1.54, 1.807) is 6.07 Å². The fourth-order valence-corrected chi connectivity index (χ4v) is 2.75. The lowest BCUT2D eigenvalue weighted by atomic mass is 10.1. The molecule has 1 amide bonds. The largest absolute Gasteiger partial charge is 0.416 e. The molecule has 1 heterocycles. The van der Waals surface area contributed by atoms with Crippen molar-refractivity contribution in [3.8, 4) is 0 Å². The van der Waals surface area contributed by atoms with Gasteiger partial charge in [0.25, 0.3) is 0 Å². The average Bonchev–Trinajstić information content (AvgIpc) is 2.69. The first kappa shape index (κ1) is 17.7. The van der Waals surface area contributed by atoms with Crippen LogP contribution in [0.2, 0.25) is 0 Å². The molecule has 128 valence electrons. The zero-order chi connectivity index (χ0) is 17.0. The molecule has 23 heavy (non-hydrogen) atoms. The molecular weight excluding hydrogens is 309 g/mol. The van der Waals surface area contributed by atoms with Gasteiger partial charge in [0.15, 0.2) is 0 Å². The van der Waals surface area contributed by atoms with Gasteiger partial charge in [0.1, 0.15) is 0 Å². The van der Waals surface area contributed by atoms with E-state index in [9.17, 15) is 23.1 Å². The summed E-state index contributed by atoms with van der Waals surface area (Å²) in [6.07, 6.45) is -4.18. The zero-order valence-corrected chi connectivity index (χ0v) is 13.0. The lowest BCUT2D eigenvalue weighted by Crippen LogP contribution is -2.38. The van der Waals surface area contributed by atoms with E-state index in [1.165, 1.54) is 17.0 Å². The summed E-state index contributed by atoms with van der Waals surface area (Å²) in [7, 11) is 0. The summed E-state index contributed by atoms with van der Waals surface area (Å²) in [5.41, 5.74) is -0.588. The Balaban J connectivity index is 2.13. The number of aliphatic hydroxyl groups is 1. The van der Waals surface area contributed by atoms with Crippen LogP contribution in [0.15, 0.2) is 24.3 Å². The van der Waals surface area contributed by atoms with Crippen molar-refractivity contribution < 1.29 is 23.1 Å². The van der Waals surface area contributed by atoms with Gasteiger partial charge in [0, 0.05) is 38.6 Å². The van der Waals surface area contributed by atoms with E-state index in [0.717, 1.165) is 6.07 Å². The fourth-order valence-electron chi connectivity index (χ4n) is 2.75. The summed E-state index contributed by atoms with van der Waals surface area (Å²) in [4.78, 5) is 15.6. The molecule has 7 heteroatoms. The van der Waals surface area contributed by atoms with Gasteiger partial charge < -0.3 is 10.0 Å². The molecule has 2 rings (SSSR count). The van der Waals surface area contributed by atoms with Gasteiger partial charge in [-0.2, -0.15) is 13.2 Å². The third-order valence-corrected chi connectivity index (χ3v) is 4.19. The lowest BCUT2D eigenvalue weighted by Gasteiger charge is -2.26. The van der Waals surface area contributed by atoms with Crippen molar-refractivity contribution in [2.75, 3.05) is 26.2 Å².